The van der Waals surface area contributed by atoms with E-state index in [1.54, 1.807) is 42.1 Å². The second-order valence-corrected chi connectivity index (χ2v) is 7.31. The van der Waals surface area contributed by atoms with E-state index in [4.69, 9.17) is 0 Å². The molecule has 0 fully saturated rings. The first-order valence-corrected chi connectivity index (χ1v) is 9.32. The summed E-state index contributed by atoms with van der Waals surface area (Å²) in [5.74, 6) is -1.13. The van der Waals surface area contributed by atoms with Crippen LogP contribution in [0.1, 0.15) is 38.7 Å². The Balaban J connectivity index is 1.79. The van der Waals surface area contributed by atoms with E-state index in [2.05, 4.69) is 15.7 Å². The number of halogens is 1. The van der Waals surface area contributed by atoms with Crippen LogP contribution in [0.5, 0.6) is 0 Å². The quantitative estimate of drug-likeness (QED) is 0.719. The van der Waals surface area contributed by atoms with Crippen LogP contribution in [0.25, 0.3) is 0 Å². The van der Waals surface area contributed by atoms with Crippen LogP contribution in [0.2, 0.25) is 0 Å². The topological polar surface area (TPSA) is 76.0 Å². The van der Waals surface area contributed by atoms with E-state index >= 15 is 0 Å². The number of aryl methyl sites for hydroxylation is 3. The number of anilines is 1. The van der Waals surface area contributed by atoms with E-state index in [-0.39, 0.29) is 11.8 Å². The second kappa shape index (κ2) is 7.16. The average molecular weight is 392 g/mol. The molecular weight excluding hydrogens is 371 g/mol. The van der Waals surface area contributed by atoms with Crippen LogP contribution in [0.3, 0.4) is 0 Å². The third-order valence-electron chi connectivity index (χ3n) is 5.21. The van der Waals surface area contributed by atoms with Crippen LogP contribution in [-0.4, -0.2) is 27.6 Å². The third-order valence-corrected chi connectivity index (χ3v) is 5.21. The zero-order chi connectivity index (χ0) is 20.7. The molecule has 6 nitrogen and oxygen atoms in total. The number of nitrogens with zero attached hydrogens (tertiary/aromatic N) is 2. The Morgan fingerprint density at radius 1 is 1.17 bits per heavy atom. The Kier molecular flexibility index (Phi) is 4.66. The molecule has 0 saturated heterocycles. The van der Waals surface area contributed by atoms with Gasteiger partial charge in [-0.25, -0.2) is 4.39 Å². The van der Waals surface area contributed by atoms with Crippen LogP contribution >= 0.6 is 0 Å². The summed E-state index contributed by atoms with van der Waals surface area (Å²) < 4.78 is 15.6. The van der Waals surface area contributed by atoms with Gasteiger partial charge in [0, 0.05) is 24.1 Å². The molecular formula is C22H21FN4O2. The van der Waals surface area contributed by atoms with Gasteiger partial charge in [-0.05, 0) is 43.7 Å². The summed E-state index contributed by atoms with van der Waals surface area (Å²) >= 11 is 0. The highest BCUT2D eigenvalue weighted by atomic mass is 19.1. The first-order valence-electron chi connectivity index (χ1n) is 9.32. The fourth-order valence-corrected chi connectivity index (χ4v) is 3.93. The largest absolute Gasteiger partial charge is 0.339 e. The molecule has 4 rings (SSSR count). The molecule has 0 aliphatic carbocycles. The van der Waals surface area contributed by atoms with E-state index in [0.717, 1.165) is 11.1 Å². The van der Waals surface area contributed by atoms with Gasteiger partial charge in [0.05, 0.1) is 5.69 Å². The maximum atomic E-state index is 14.0. The molecule has 2 atom stereocenters. The molecule has 0 unspecified atom stereocenters. The molecule has 0 saturated carbocycles. The first-order chi connectivity index (χ1) is 13.8. The molecule has 2 aromatic carbocycles. The lowest BCUT2D eigenvalue weighted by molar-refractivity contribution is -0.118. The van der Waals surface area contributed by atoms with Gasteiger partial charge >= 0.3 is 0 Å². The molecule has 7 heteroatoms. The standard InChI is InChI=1S/C22H21FN4O2/c1-12-6-4-8-15(10-12)21(28)24-19-18(14-7-5-9-16(23)11-14)17-13(2)26-27(3)20(17)25-22(19)29/h4-11,18-19H,1-3H3,(H,24,28)(H,25,29)/t18-,19+/m1/s1. The zero-order valence-corrected chi connectivity index (χ0v) is 16.4. The number of rotatable bonds is 3. The minimum atomic E-state index is -0.903. The smallest absolute Gasteiger partial charge is 0.251 e. The summed E-state index contributed by atoms with van der Waals surface area (Å²) in [6.45, 7) is 3.73. The Bertz CT molecular complexity index is 1120. The zero-order valence-electron chi connectivity index (χ0n) is 16.4. The second-order valence-electron chi connectivity index (χ2n) is 7.31. The van der Waals surface area contributed by atoms with Gasteiger partial charge in [-0.1, -0.05) is 29.8 Å². The summed E-state index contributed by atoms with van der Waals surface area (Å²) in [6.07, 6.45) is 0. The van der Waals surface area contributed by atoms with Gasteiger partial charge in [0.1, 0.15) is 17.7 Å². The highest BCUT2D eigenvalue weighted by Crippen LogP contribution is 2.39. The van der Waals surface area contributed by atoms with Crippen LogP contribution in [0.15, 0.2) is 48.5 Å². The molecule has 1 aromatic heterocycles. The number of fused-ring (bicyclic) bond motifs is 1. The van der Waals surface area contributed by atoms with Crippen LogP contribution in [0.4, 0.5) is 10.2 Å². The lowest BCUT2D eigenvalue weighted by Crippen LogP contribution is -2.50. The number of hydrogen-bond acceptors (Lipinski definition) is 3. The van der Waals surface area contributed by atoms with Crippen molar-refractivity contribution in [2.75, 3.05) is 5.32 Å². The first kappa shape index (κ1) is 18.9. The van der Waals surface area contributed by atoms with Crippen molar-refractivity contribution < 1.29 is 14.0 Å². The van der Waals surface area contributed by atoms with Crippen molar-refractivity contribution in [1.29, 1.82) is 0 Å². The molecule has 29 heavy (non-hydrogen) atoms. The molecule has 0 spiro atoms. The lowest BCUT2D eigenvalue weighted by atomic mass is 9.82. The van der Waals surface area contributed by atoms with Crippen LogP contribution < -0.4 is 10.6 Å². The van der Waals surface area contributed by atoms with Gasteiger partial charge in [0.15, 0.2) is 0 Å². The fourth-order valence-electron chi connectivity index (χ4n) is 3.93. The Morgan fingerprint density at radius 3 is 2.66 bits per heavy atom. The molecule has 1 aliphatic rings. The monoisotopic (exact) mass is 392 g/mol. The summed E-state index contributed by atoms with van der Waals surface area (Å²) in [7, 11) is 1.74. The van der Waals surface area contributed by atoms with Crippen molar-refractivity contribution >= 4 is 17.6 Å². The van der Waals surface area contributed by atoms with Gasteiger partial charge in [0.2, 0.25) is 5.91 Å². The molecule has 3 aromatic rings. The number of carbonyl (C=O) groups is 2. The predicted octanol–water partition coefficient (Wildman–Crippen LogP) is 3.06. The van der Waals surface area contributed by atoms with Crippen molar-refractivity contribution in [1.82, 2.24) is 15.1 Å². The van der Waals surface area contributed by atoms with Crippen molar-refractivity contribution in [3.8, 4) is 0 Å². The van der Waals surface area contributed by atoms with Crippen molar-refractivity contribution in [3.05, 3.63) is 82.3 Å². The summed E-state index contributed by atoms with van der Waals surface area (Å²) in [6, 6.07) is 12.3. The number of benzene rings is 2. The Hall–Kier alpha value is -3.48. The van der Waals surface area contributed by atoms with E-state index in [1.807, 2.05) is 19.9 Å². The summed E-state index contributed by atoms with van der Waals surface area (Å²) in [5.41, 5.74) is 3.49. The number of hydrogen-bond donors (Lipinski definition) is 2. The molecule has 2 heterocycles. The van der Waals surface area contributed by atoms with Crippen molar-refractivity contribution in [2.45, 2.75) is 25.8 Å². The minimum Gasteiger partial charge on any atom is -0.339 e. The van der Waals surface area contributed by atoms with Gasteiger partial charge < -0.3 is 10.6 Å². The SMILES string of the molecule is Cc1cccc(C(=O)N[C@@H]2C(=O)Nc3c(c(C)nn3C)[C@H]2c2cccc(F)c2)c1. The minimum absolute atomic E-state index is 0.361. The lowest BCUT2D eigenvalue weighted by Gasteiger charge is -2.32. The van der Waals surface area contributed by atoms with Crippen LogP contribution in [-0.2, 0) is 11.8 Å². The van der Waals surface area contributed by atoms with E-state index < -0.39 is 17.8 Å². The molecule has 2 N–H and O–H groups in total. The van der Waals surface area contributed by atoms with E-state index in [9.17, 15) is 14.0 Å². The van der Waals surface area contributed by atoms with E-state index in [0.29, 0.717) is 22.6 Å². The maximum absolute atomic E-state index is 14.0. The Labute approximate surface area is 167 Å². The summed E-state index contributed by atoms with van der Waals surface area (Å²) in [4.78, 5) is 25.8. The molecule has 148 valence electrons. The van der Waals surface area contributed by atoms with Crippen molar-refractivity contribution in [3.63, 3.8) is 0 Å². The molecule has 1 aliphatic heterocycles. The Morgan fingerprint density at radius 2 is 1.93 bits per heavy atom. The number of aromatic nitrogens is 2. The molecule has 0 bridgehead atoms. The third kappa shape index (κ3) is 3.40. The number of carbonyl (C=O) groups excluding carboxylic acids is 2. The average Bonchev–Trinajstić information content (AvgIpc) is 2.95. The highest BCUT2D eigenvalue weighted by molar-refractivity contribution is 6.03. The number of nitrogens with one attached hydrogen (secondary N) is 2. The molecule has 2 amide bonds. The normalized spacial score (nSPS) is 18.1. The van der Waals surface area contributed by atoms with Crippen molar-refractivity contribution in [2.24, 2.45) is 7.05 Å². The fraction of sp³-hybridized carbons (Fsp3) is 0.227. The predicted molar refractivity (Wildman–Crippen MR) is 107 cm³/mol. The van der Waals surface area contributed by atoms with Gasteiger partial charge in [-0.3, -0.25) is 14.3 Å². The summed E-state index contributed by atoms with van der Waals surface area (Å²) in [5, 5.41) is 10.1. The van der Waals surface area contributed by atoms with E-state index in [1.165, 1.54) is 12.1 Å². The van der Waals surface area contributed by atoms with Gasteiger partial charge in [-0.2, -0.15) is 5.10 Å². The molecule has 0 radical (unpaired) electrons. The highest BCUT2D eigenvalue weighted by Gasteiger charge is 2.41. The number of amides is 2. The van der Waals surface area contributed by atoms with Gasteiger partial charge in [0.25, 0.3) is 5.91 Å². The van der Waals surface area contributed by atoms with Gasteiger partial charge in [-0.15, -0.1) is 0 Å². The maximum Gasteiger partial charge on any atom is 0.251 e. The van der Waals surface area contributed by atoms with Crippen LogP contribution in [0, 0.1) is 19.7 Å².